The zero-order valence-electron chi connectivity index (χ0n) is 19.3. The highest BCUT2D eigenvalue weighted by molar-refractivity contribution is 9.10. The van der Waals surface area contributed by atoms with Crippen LogP contribution < -0.4 is 5.56 Å². The van der Waals surface area contributed by atoms with E-state index in [4.69, 9.17) is 4.98 Å². The van der Waals surface area contributed by atoms with Crippen LogP contribution in [-0.2, 0) is 6.54 Å². The van der Waals surface area contributed by atoms with E-state index >= 15 is 0 Å². The first kappa shape index (κ1) is 22.2. The minimum absolute atomic E-state index is 0.200. The average molecular weight is 533 g/mol. The van der Waals surface area contributed by atoms with Gasteiger partial charge in [-0.3, -0.25) is 4.79 Å². The summed E-state index contributed by atoms with van der Waals surface area (Å²) < 4.78 is 4.66. The van der Waals surface area contributed by atoms with Gasteiger partial charge in [0, 0.05) is 39.2 Å². The van der Waals surface area contributed by atoms with E-state index in [2.05, 4.69) is 56.1 Å². The van der Waals surface area contributed by atoms with Crippen LogP contribution in [0.4, 0.5) is 0 Å². The molecule has 0 spiro atoms. The zero-order valence-corrected chi connectivity index (χ0v) is 20.8. The van der Waals surface area contributed by atoms with Gasteiger partial charge in [-0.2, -0.15) is 9.78 Å². The predicted molar refractivity (Wildman–Crippen MR) is 150 cm³/mol. The molecule has 174 valence electrons. The van der Waals surface area contributed by atoms with Crippen molar-refractivity contribution in [3.05, 3.63) is 135 Å². The Balaban J connectivity index is 1.48. The summed E-state index contributed by atoms with van der Waals surface area (Å²) in [6.45, 7) is 0.731. The fourth-order valence-corrected chi connectivity index (χ4v) is 4.68. The van der Waals surface area contributed by atoms with Crippen LogP contribution in [0.5, 0.6) is 0 Å². The third-order valence-corrected chi connectivity index (χ3v) is 6.71. The normalized spacial score (nSPS) is 11.6. The Morgan fingerprint density at radius 3 is 2.31 bits per heavy atom. The van der Waals surface area contributed by atoms with Gasteiger partial charge in [0.25, 0.3) is 5.56 Å². The molecule has 6 heteroatoms. The lowest BCUT2D eigenvalue weighted by molar-refractivity contribution is 0.826. The van der Waals surface area contributed by atoms with Crippen molar-refractivity contribution in [3.8, 4) is 11.4 Å². The number of hydrogen-bond acceptors (Lipinski definition) is 3. The largest absolute Gasteiger partial charge is 0.342 e. The van der Waals surface area contributed by atoms with E-state index in [9.17, 15) is 4.79 Å². The van der Waals surface area contributed by atoms with Gasteiger partial charge in [-0.15, -0.1) is 0 Å². The van der Waals surface area contributed by atoms with Crippen molar-refractivity contribution in [2.45, 2.75) is 6.54 Å². The van der Waals surface area contributed by atoms with Gasteiger partial charge in [-0.25, -0.2) is 4.98 Å². The van der Waals surface area contributed by atoms with E-state index in [1.807, 2.05) is 72.8 Å². The molecular formula is C30H21BrN4O. The maximum absolute atomic E-state index is 13.5. The Labute approximate surface area is 216 Å². The number of nitrogens with zero attached hydrogens (tertiary/aromatic N) is 4. The number of halogens is 1. The lowest BCUT2D eigenvalue weighted by Gasteiger charge is -2.09. The third kappa shape index (κ3) is 4.16. The Bertz CT molecular complexity index is 1780. The zero-order chi connectivity index (χ0) is 24.5. The second-order valence-corrected chi connectivity index (χ2v) is 9.45. The SMILES string of the molecule is O=c1c2ccccc2nc(-c2ccccc2)n1N=Cc1cn(Cc2ccc(Br)cc2)c2ccccc12. The van der Waals surface area contributed by atoms with Crippen LogP contribution in [0.3, 0.4) is 0 Å². The molecule has 6 rings (SSSR count). The smallest absolute Gasteiger partial charge is 0.282 e. The van der Waals surface area contributed by atoms with Crippen molar-refractivity contribution in [1.29, 1.82) is 0 Å². The topological polar surface area (TPSA) is 52.2 Å². The van der Waals surface area contributed by atoms with E-state index in [1.54, 1.807) is 12.3 Å². The van der Waals surface area contributed by atoms with Gasteiger partial charge in [0.2, 0.25) is 0 Å². The molecule has 6 aromatic rings. The van der Waals surface area contributed by atoms with Crippen molar-refractivity contribution in [2.75, 3.05) is 0 Å². The number of aromatic nitrogens is 3. The maximum Gasteiger partial charge on any atom is 0.282 e. The number of para-hydroxylation sites is 2. The second-order valence-electron chi connectivity index (χ2n) is 8.54. The van der Waals surface area contributed by atoms with Gasteiger partial charge in [0.15, 0.2) is 5.82 Å². The first-order chi connectivity index (χ1) is 17.7. The van der Waals surface area contributed by atoms with Crippen LogP contribution in [0.1, 0.15) is 11.1 Å². The molecule has 36 heavy (non-hydrogen) atoms. The van der Waals surface area contributed by atoms with Crippen molar-refractivity contribution in [2.24, 2.45) is 5.10 Å². The molecule has 0 bridgehead atoms. The molecule has 2 aromatic heterocycles. The Kier molecular flexibility index (Phi) is 5.79. The molecule has 0 aliphatic rings. The molecule has 0 N–H and O–H groups in total. The highest BCUT2D eigenvalue weighted by atomic mass is 79.9. The summed E-state index contributed by atoms with van der Waals surface area (Å²) in [5.74, 6) is 0.508. The van der Waals surface area contributed by atoms with Gasteiger partial charge >= 0.3 is 0 Å². The third-order valence-electron chi connectivity index (χ3n) is 6.18. The minimum Gasteiger partial charge on any atom is -0.342 e. The molecule has 0 aliphatic heterocycles. The summed E-state index contributed by atoms with van der Waals surface area (Å²) in [6, 6.07) is 33.6. The summed E-state index contributed by atoms with van der Waals surface area (Å²) in [5.41, 5.74) is 4.52. The molecule has 0 saturated carbocycles. The fraction of sp³-hybridized carbons (Fsp3) is 0.0333. The molecular weight excluding hydrogens is 512 g/mol. The van der Waals surface area contributed by atoms with Crippen LogP contribution in [-0.4, -0.2) is 20.4 Å². The predicted octanol–water partition coefficient (Wildman–Crippen LogP) is 6.71. The Morgan fingerprint density at radius 1 is 0.806 bits per heavy atom. The number of benzene rings is 4. The molecule has 0 amide bonds. The van der Waals surface area contributed by atoms with Crippen LogP contribution in [0.25, 0.3) is 33.2 Å². The van der Waals surface area contributed by atoms with Crippen molar-refractivity contribution in [3.63, 3.8) is 0 Å². The van der Waals surface area contributed by atoms with Crippen LogP contribution >= 0.6 is 15.9 Å². The average Bonchev–Trinajstić information content (AvgIpc) is 3.27. The van der Waals surface area contributed by atoms with E-state index in [0.717, 1.165) is 33.0 Å². The summed E-state index contributed by atoms with van der Waals surface area (Å²) in [7, 11) is 0. The number of hydrogen-bond donors (Lipinski definition) is 0. The van der Waals surface area contributed by atoms with Crippen LogP contribution in [0, 0.1) is 0 Å². The summed E-state index contributed by atoms with van der Waals surface area (Å²) in [5, 5.41) is 6.29. The molecule has 5 nitrogen and oxygen atoms in total. The first-order valence-corrected chi connectivity index (χ1v) is 12.4. The van der Waals surface area contributed by atoms with Gasteiger partial charge in [-0.1, -0.05) is 88.7 Å². The van der Waals surface area contributed by atoms with Gasteiger partial charge in [-0.05, 0) is 35.9 Å². The number of fused-ring (bicyclic) bond motifs is 2. The van der Waals surface area contributed by atoms with Crippen LogP contribution in [0.2, 0.25) is 0 Å². The molecule has 0 atom stereocenters. The second kappa shape index (κ2) is 9.40. The molecule has 2 heterocycles. The van der Waals surface area contributed by atoms with E-state index in [1.165, 1.54) is 10.2 Å². The molecule has 0 aliphatic carbocycles. The Hall–Kier alpha value is -4.29. The summed E-state index contributed by atoms with van der Waals surface area (Å²) in [6.07, 6.45) is 3.84. The quantitative estimate of drug-likeness (QED) is 0.231. The highest BCUT2D eigenvalue weighted by Gasteiger charge is 2.13. The van der Waals surface area contributed by atoms with Crippen molar-refractivity contribution < 1.29 is 0 Å². The molecule has 0 fully saturated rings. The van der Waals surface area contributed by atoms with Crippen molar-refractivity contribution >= 4 is 44.0 Å². The highest BCUT2D eigenvalue weighted by Crippen LogP contribution is 2.23. The lowest BCUT2D eigenvalue weighted by atomic mass is 10.2. The standard InChI is InChI=1S/C30H21BrN4O/c31-24-16-14-21(15-17-24)19-34-20-23(25-10-5-7-13-28(25)34)18-32-35-29(22-8-2-1-3-9-22)33-27-12-6-4-11-26(27)30(35)36/h1-18,20H,19H2. The molecule has 0 unspecified atom stereocenters. The summed E-state index contributed by atoms with van der Waals surface area (Å²) >= 11 is 3.50. The van der Waals surface area contributed by atoms with E-state index in [-0.39, 0.29) is 5.56 Å². The molecule has 4 aromatic carbocycles. The molecule has 0 saturated heterocycles. The minimum atomic E-state index is -0.200. The van der Waals surface area contributed by atoms with Gasteiger partial charge in [0.1, 0.15) is 0 Å². The number of rotatable bonds is 5. The first-order valence-electron chi connectivity index (χ1n) is 11.6. The fourth-order valence-electron chi connectivity index (χ4n) is 4.42. The monoisotopic (exact) mass is 532 g/mol. The van der Waals surface area contributed by atoms with Crippen LogP contribution in [0.15, 0.2) is 124 Å². The molecule has 0 radical (unpaired) electrons. The van der Waals surface area contributed by atoms with Gasteiger partial charge in [0.05, 0.1) is 17.1 Å². The van der Waals surface area contributed by atoms with E-state index in [0.29, 0.717) is 16.7 Å². The summed E-state index contributed by atoms with van der Waals surface area (Å²) in [4.78, 5) is 18.3. The van der Waals surface area contributed by atoms with Gasteiger partial charge < -0.3 is 4.57 Å². The lowest BCUT2D eigenvalue weighted by Crippen LogP contribution is -2.20. The van der Waals surface area contributed by atoms with Crippen molar-refractivity contribution in [1.82, 2.24) is 14.2 Å². The van der Waals surface area contributed by atoms with E-state index < -0.39 is 0 Å². The Morgan fingerprint density at radius 2 is 1.50 bits per heavy atom. The maximum atomic E-state index is 13.5.